The van der Waals surface area contributed by atoms with Crippen LogP contribution in [0.1, 0.15) is 46.6 Å². The highest BCUT2D eigenvalue weighted by Gasteiger charge is 2.26. The zero-order chi connectivity index (χ0) is 59.9. The Kier molecular flexibility index (Phi) is 12.8. The summed E-state index contributed by atoms with van der Waals surface area (Å²) in [5, 5.41) is 3.96. The van der Waals surface area contributed by atoms with E-state index in [0.717, 1.165) is 116 Å². The summed E-state index contributed by atoms with van der Waals surface area (Å²) < 4.78 is 4.75. The lowest BCUT2D eigenvalue weighted by Crippen LogP contribution is -2.04. The van der Waals surface area contributed by atoms with Gasteiger partial charge in [-0.25, -0.2) is 69.8 Å². The second-order valence-corrected chi connectivity index (χ2v) is 22.0. The maximum absolute atomic E-state index is 5.55. The van der Waals surface area contributed by atoms with Crippen LogP contribution in [0.4, 0.5) is 0 Å². The van der Waals surface area contributed by atoms with Crippen LogP contribution < -0.4 is 0 Å². The van der Waals surface area contributed by atoms with Gasteiger partial charge in [0.2, 0.25) is 0 Å². The first-order chi connectivity index (χ1) is 42.8. The molecule has 15 aromatic rings. The predicted molar refractivity (Wildman–Crippen MR) is 346 cm³/mol. The van der Waals surface area contributed by atoms with E-state index in [1.54, 1.807) is 0 Å². The van der Waals surface area contributed by atoms with Gasteiger partial charge in [-0.05, 0) is 146 Å². The van der Waals surface area contributed by atoms with Crippen molar-refractivity contribution in [3.05, 3.63) is 229 Å². The van der Waals surface area contributed by atoms with Gasteiger partial charge in [0.05, 0.1) is 44.8 Å². The predicted octanol–water partition coefficient (Wildman–Crippen LogP) is 15.2. The molecule has 16 heteroatoms. The van der Waals surface area contributed by atoms with Crippen molar-refractivity contribution >= 4 is 43.6 Å². The van der Waals surface area contributed by atoms with Gasteiger partial charge in [-0.2, -0.15) is 0 Å². The molecule has 0 aliphatic heterocycles. The fraction of sp³-hybridized carbons (Fsp3) is 0.111. The van der Waals surface area contributed by atoms with Gasteiger partial charge in [-0.3, -0.25) is 0 Å². The quantitative estimate of drug-likeness (QED) is 0.126. The van der Waals surface area contributed by atoms with Gasteiger partial charge in [-0.15, -0.1) is 0 Å². The summed E-state index contributed by atoms with van der Waals surface area (Å²) in [6, 6.07) is 63.7. The first kappa shape index (κ1) is 53.2. The Bertz CT molecular complexity index is 4970. The average Bonchev–Trinajstić information content (AvgIpc) is 1.59. The van der Waals surface area contributed by atoms with Crippen molar-refractivity contribution in [2.24, 2.45) is 0 Å². The van der Waals surface area contributed by atoms with Gasteiger partial charge in [0.25, 0.3) is 0 Å². The number of benzene rings is 8. The molecular formula is C72H54N16. The van der Waals surface area contributed by atoms with E-state index in [4.69, 9.17) is 49.8 Å². The molecule has 7 aromatic heterocycles. The summed E-state index contributed by atoms with van der Waals surface area (Å²) in [6.07, 6.45) is 0. The third kappa shape index (κ3) is 9.52. The van der Waals surface area contributed by atoms with E-state index in [0.29, 0.717) is 75.7 Å². The van der Waals surface area contributed by atoms with Crippen LogP contribution in [0.25, 0.3) is 146 Å². The molecule has 0 aliphatic rings. The van der Waals surface area contributed by atoms with E-state index >= 15 is 0 Å². The van der Waals surface area contributed by atoms with Gasteiger partial charge in [0.15, 0.2) is 29.1 Å². The van der Waals surface area contributed by atoms with Crippen molar-refractivity contribution in [3.8, 4) is 102 Å². The molecule has 0 radical (unpaired) electrons. The molecule has 0 bridgehead atoms. The average molecular weight is 1140 g/mol. The topological polar surface area (TPSA) is 190 Å². The SMILES string of the molecule is Cc1nc(C)nc(-c2ccc3c(c2)c2cc(-c4nc(C)nc(C)n4)ccc2n3-c2ccccc2-c2c(-c3cc(-c4ccccc4)nc(-c4ccccc4)n3)cccc2-n2c3ccc(-c4nc(C)nc(C)n4)cc3c3cc(-c4nc(C)nc(C)n4)ccc32)n1. The molecule has 8 aromatic carbocycles. The Labute approximate surface area is 506 Å². The zero-order valence-electron chi connectivity index (χ0n) is 49.5. The Balaban J connectivity index is 1.05. The fourth-order valence-corrected chi connectivity index (χ4v) is 12.3. The molecule has 0 N–H and O–H groups in total. The maximum Gasteiger partial charge on any atom is 0.163 e. The summed E-state index contributed by atoms with van der Waals surface area (Å²) >= 11 is 0. The number of aryl methyl sites for hydroxylation is 8. The molecule has 0 saturated carbocycles. The normalized spacial score (nSPS) is 11.6. The second-order valence-electron chi connectivity index (χ2n) is 22.0. The van der Waals surface area contributed by atoms with Crippen molar-refractivity contribution in [1.82, 2.24) is 78.9 Å². The Hall–Kier alpha value is -11.5. The van der Waals surface area contributed by atoms with Crippen LogP contribution in [0.5, 0.6) is 0 Å². The van der Waals surface area contributed by atoms with Crippen molar-refractivity contribution < 1.29 is 0 Å². The minimum Gasteiger partial charge on any atom is -0.309 e. The molecule has 422 valence electrons. The van der Waals surface area contributed by atoms with Crippen molar-refractivity contribution in [2.45, 2.75) is 55.4 Å². The van der Waals surface area contributed by atoms with E-state index in [1.165, 1.54) is 0 Å². The number of aromatic nitrogens is 16. The number of rotatable bonds is 10. The molecular weight excluding hydrogens is 1090 g/mol. The monoisotopic (exact) mass is 1140 g/mol. The summed E-state index contributed by atoms with van der Waals surface area (Å²) in [5.41, 5.74) is 15.3. The van der Waals surface area contributed by atoms with Gasteiger partial charge < -0.3 is 9.13 Å². The Morgan fingerprint density at radius 3 is 0.955 bits per heavy atom. The van der Waals surface area contributed by atoms with Gasteiger partial charge >= 0.3 is 0 Å². The van der Waals surface area contributed by atoms with Crippen LogP contribution in [0.15, 0.2) is 182 Å². The summed E-state index contributed by atoms with van der Waals surface area (Å²) in [6.45, 7) is 15.2. The number of fused-ring (bicyclic) bond motifs is 6. The molecule has 0 aliphatic carbocycles. The van der Waals surface area contributed by atoms with Gasteiger partial charge in [0, 0.05) is 71.6 Å². The molecule has 0 spiro atoms. The number of para-hydroxylation sites is 1. The van der Waals surface area contributed by atoms with Crippen molar-refractivity contribution in [1.29, 1.82) is 0 Å². The summed E-state index contributed by atoms with van der Waals surface area (Å²) in [5.74, 6) is 8.18. The van der Waals surface area contributed by atoms with Gasteiger partial charge in [-0.1, -0.05) is 91.0 Å². The third-order valence-electron chi connectivity index (χ3n) is 15.8. The maximum atomic E-state index is 5.55. The first-order valence-electron chi connectivity index (χ1n) is 29.0. The largest absolute Gasteiger partial charge is 0.309 e. The van der Waals surface area contributed by atoms with E-state index in [-0.39, 0.29) is 0 Å². The summed E-state index contributed by atoms with van der Waals surface area (Å²) in [4.78, 5) is 67.6. The van der Waals surface area contributed by atoms with Crippen molar-refractivity contribution in [2.75, 3.05) is 0 Å². The van der Waals surface area contributed by atoms with Crippen LogP contribution in [0.2, 0.25) is 0 Å². The molecule has 0 atom stereocenters. The van der Waals surface area contributed by atoms with E-state index in [9.17, 15) is 0 Å². The van der Waals surface area contributed by atoms with E-state index in [1.807, 2.05) is 91.8 Å². The smallest absolute Gasteiger partial charge is 0.163 e. The lowest BCUT2D eigenvalue weighted by atomic mass is 9.93. The highest BCUT2D eigenvalue weighted by molar-refractivity contribution is 6.14. The van der Waals surface area contributed by atoms with Gasteiger partial charge in [0.1, 0.15) is 46.6 Å². The molecule has 0 amide bonds. The molecule has 0 saturated heterocycles. The number of hydrogen-bond donors (Lipinski definition) is 0. The standard InChI is InChI=1S/C72H54N16/c1-39-73-40(2)78-69(77-39)49-26-30-62-55(34-49)56-35-50(70-79-41(3)74-42(4)80-70)27-31-63(56)87(62)61-24-16-15-22-54(61)67-53(60-38-59(47-18-11-9-12-19-47)85-68(86-60)48-20-13-10-14-21-48)23-17-25-66(67)88-64-32-28-51(71-81-43(5)75-44(6)82-71)36-57(64)58-37-52(29-33-65(58)88)72-83-45(7)76-46(8)84-72/h9-38H,1-8H3. The zero-order valence-corrected chi connectivity index (χ0v) is 49.5. The molecule has 15 rings (SSSR count). The molecule has 7 heterocycles. The lowest BCUT2D eigenvalue weighted by molar-refractivity contribution is 0.928. The minimum atomic E-state index is 0.596. The fourth-order valence-electron chi connectivity index (χ4n) is 12.3. The Morgan fingerprint density at radius 2 is 0.545 bits per heavy atom. The molecule has 16 nitrogen and oxygen atoms in total. The van der Waals surface area contributed by atoms with Crippen LogP contribution >= 0.6 is 0 Å². The van der Waals surface area contributed by atoms with Crippen LogP contribution in [0, 0.1) is 55.4 Å². The highest BCUT2D eigenvalue weighted by Crippen LogP contribution is 2.47. The van der Waals surface area contributed by atoms with E-state index < -0.39 is 0 Å². The first-order valence-corrected chi connectivity index (χ1v) is 29.0. The number of hydrogen-bond acceptors (Lipinski definition) is 14. The second kappa shape index (κ2) is 21.2. The Morgan fingerprint density at radius 1 is 0.227 bits per heavy atom. The summed E-state index contributed by atoms with van der Waals surface area (Å²) in [7, 11) is 0. The molecule has 0 unspecified atom stereocenters. The van der Waals surface area contributed by atoms with Crippen molar-refractivity contribution in [3.63, 3.8) is 0 Å². The third-order valence-corrected chi connectivity index (χ3v) is 15.8. The van der Waals surface area contributed by atoms with Crippen LogP contribution in [-0.4, -0.2) is 78.9 Å². The molecule has 88 heavy (non-hydrogen) atoms. The number of nitrogens with zero attached hydrogens (tertiary/aromatic N) is 16. The lowest BCUT2D eigenvalue weighted by Gasteiger charge is -2.22. The van der Waals surface area contributed by atoms with Crippen LogP contribution in [-0.2, 0) is 0 Å². The van der Waals surface area contributed by atoms with E-state index in [2.05, 4.69) is 175 Å². The highest BCUT2D eigenvalue weighted by atomic mass is 15.1. The molecule has 0 fully saturated rings. The minimum absolute atomic E-state index is 0.596. The van der Waals surface area contributed by atoms with Crippen LogP contribution in [0.3, 0.4) is 0 Å².